The van der Waals surface area contributed by atoms with Crippen molar-refractivity contribution in [1.82, 2.24) is 0 Å². The van der Waals surface area contributed by atoms with E-state index in [0.717, 1.165) is 11.3 Å². The van der Waals surface area contributed by atoms with Gasteiger partial charge in [0, 0.05) is 0 Å². The number of benzene rings is 2. The number of rotatable bonds is 4. The van der Waals surface area contributed by atoms with Crippen molar-refractivity contribution in [2.75, 3.05) is 6.61 Å². The van der Waals surface area contributed by atoms with Crippen LogP contribution in [0.4, 0.5) is 0 Å². The van der Waals surface area contributed by atoms with Gasteiger partial charge in [0.05, 0.1) is 12.0 Å². The third-order valence-corrected chi connectivity index (χ3v) is 4.40. The predicted molar refractivity (Wildman–Crippen MR) is 83.8 cm³/mol. The molecule has 2 heteroatoms. The highest BCUT2D eigenvalue weighted by Crippen LogP contribution is 2.33. The van der Waals surface area contributed by atoms with E-state index in [4.69, 9.17) is 16.3 Å². The molecule has 20 heavy (non-hydrogen) atoms. The molecule has 0 N–H and O–H groups in total. The standard InChI is InChI=1S/C18H19ClO/c1-2-20-17-10-8-14(9-11-17)18(19)16-7-6-13-4-3-5-15(13)12-16/h6-12,18H,2-5H2,1H3. The Kier molecular flexibility index (Phi) is 3.98. The third-order valence-electron chi connectivity index (χ3n) is 3.90. The van der Waals surface area contributed by atoms with E-state index < -0.39 is 0 Å². The molecule has 1 aliphatic rings. The number of ether oxygens (including phenoxy) is 1. The van der Waals surface area contributed by atoms with Crippen LogP contribution >= 0.6 is 11.6 Å². The smallest absolute Gasteiger partial charge is 0.119 e. The zero-order valence-corrected chi connectivity index (χ0v) is 12.5. The molecule has 0 spiro atoms. The number of halogens is 1. The van der Waals surface area contributed by atoms with Gasteiger partial charge in [0.25, 0.3) is 0 Å². The molecule has 1 nitrogen and oxygen atoms in total. The molecule has 1 atom stereocenters. The Morgan fingerprint density at radius 3 is 2.45 bits per heavy atom. The summed E-state index contributed by atoms with van der Waals surface area (Å²) in [5.74, 6) is 0.897. The quantitative estimate of drug-likeness (QED) is 0.726. The minimum absolute atomic E-state index is 0.0865. The van der Waals surface area contributed by atoms with E-state index in [1.54, 1.807) is 0 Å². The third kappa shape index (κ3) is 2.69. The summed E-state index contributed by atoms with van der Waals surface area (Å²) in [5, 5.41) is -0.0865. The molecule has 0 bridgehead atoms. The van der Waals surface area contributed by atoms with Gasteiger partial charge in [0.1, 0.15) is 5.75 Å². The molecule has 2 aromatic rings. The lowest BCUT2D eigenvalue weighted by Crippen LogP contribution is -1.96. The van der Waals surface area contributed by atoms with Crippen molar-refractivity contribution >= 4 is 11.6 Å². The van der Waals surface area contributed by atoms with Crippen molar-refractivity contribution in [3.05, 3.63) is 64.7 Å². The Labute approximate surface area is 125 Å². The van der Waals surface area contributed by atoms with Crippen LogP contribution in [0.25, 0.3) is 0 Å². The Balaban J connectivity index is 1.82. The minimum atomic E-state index is -0.0865. The van der Waals surface area contributed by atoms with Crippen molar-refractivity contribution in [3.8, 4) is 5.75 Å². The maximum atomic E-state index is 6.62. The van der Waals surface area contributed by atoms with Gasteiger partial charge in [-0.2, -0.15) is 0 Å². The van der Waals surface area contributed by atoms with Crippen LogP contribution in [-0.4, -0.2) is 6.61 Å². The van der Waals surface area contributed by atoms with E-state index in [9.17, 15) is 0 Å². The monoisotopic (exact) mass is 286 g/mol. The topological polar surface area (TPSA) is 9.23 Å². The van der Waals surface area contributed by atoms with Crippen molar-refractivity contribution < 1.29 is 4.74 Å². The van der Waals surface area contributed by atoms with Crippen LogP contribution in [-0.2, 0) is 12.8 Å². The van der Waals surface area contributed by atoms with Gasteiger partial charge in [0.2, 0.25) is 0 Å². The van der Waals surface area contributed by atoms with E-state index in [-0.39, 0.29) is 5.38 Å². The normalized spacial score (nSPS) is 14.9. The summed E-state index contributed by atoms with van der Waals surface area (Å²) in [5.41, 5.74) is 5.27. The molecule has 104 valence electrons. The maximum absolute atomic E-state index is 6.62. The molecule has 0 saturated heterocycles. The number of hydrogen-bond acceptors (Lipinski definition) is 1. The van der Waals surface area contributed by atoms with Gasteiger partial charge < -0.3 is 4.74 Å². The lowest BCUT2D eigenvalue weighted by atomic mass is 10.00. The fraction of sp³-hybridized carbons (Fsp3) is 0.333. The van der Waals surface area contributed by atoms with Crippen molar-refractivity contribution in [3.63, 3.8) is 0 Å². The Morgan fingerprint density at radius 2 is 1.70 bits per heavy atom. The van der Waals surface area contributed by atoms with Crippen LogP contribution in [0.2, 0.25) is 0 Å². The highest BCUT2D eigenvalue weighted by atomic mass is 35.5. The molecule has 1 aliphatic carbocycles. The molecule has 0 heterocycles. The number of fused-ring (bicyclic) bond motifs is 1. The second kappa shape index (κ2) is 5.88. The first-order valence-corrected chi connectivity index (χ1v) is 7.70. The largest absolute Gasteiger partial charge is 0.494 e. The molecule has 0 radical (unpaired) electrons. The van der Waals surface area contributed by atoms with Crippen LogP contribution in [0.1, 0.15) is 41.0 Å². The fourth-order valence-electron chi connectivity index (χ4n) is 2.84. The van der Waals surface area contributed by atoms with Crippen LogP contribution in [0.5, 0.6) is 5.75 Å². The minimum Gasteiger partial charge on any atom is -0.494 e. The second-order valence-electron chi connectivity index (χ2n) is 5.25. The van der Waals surface area contributed by atoms with Crippen LogP contribution in [0, 0.1) is 0 Å². The summed E-state index contributed by atoms with van der Waals surface area (Å²) in [6.07, 6.45) is 3.68. The maximum Gasteiger partial charge on any atom is 0.119 e. The van der Waals surface area contributed by atoms with E-state index in [0.29, 0.717) is 6.61 Å². The summed E-state index contributed by atoms with van der Waals surface area (Å²) in [4.78, 5) is 0. The van der Waals surface area contributed by atoms with Gasteiger partial charge in [0.15, 0.2) is 0 Å². The van der Waals surface area contributed by atoms with Crippen molar-refractivity contribution in [2.45, 2.75) is 31.6 Å². The van der Waals surface area contributed by atoms with E-state index in [1.165, 1.54) is 36.0 Å². The van der Waals surface area contributed by atoms with Gasteiger partial charge in [-0.25, -0.2) is 0 Å². The van der Waals surface area contributed by atoms with Gasteiger partial charge in [-0.1, -0.05) is 30.3 Å². The number of alkyl halides is 1. The molecule has 0 aromatic heterocycles. The fourth-order valence-corrected chi connectivity index (χ4v) is 3.12. The van der Waals surface area contributed by atoms with Crippen LogP contribution in [0.15, 0.2) is 42.5 Å². The lowest BCUT2D eigenvalue weighted by molar-refractivity contribution is 0.340. The summed E-state index contributed by atoms with van der Waals surface area (Å²) in [6.45, 7) is 2.68. The lowest BCUT2D eigenvalue weighted by Gasteiger charge is -2.13. The molecule has 2 aromatic carbocycles. The zero-order chi connectivity index (χ0) is 13.9. The van der Waals surface area contributed by atoms with Crippen molar-refractivity contribution in [2.24, 2.45) is 0 Å². The average molecular weight is 287 g/mol. The molecule has 1 unspecified atom stereocenters. The first-order chi connectivity index (χ1) is 9.78. The van der Waals surface area contributed by atoms with Crippen molar-refractivity contribution in [1.29, 1.82) is 0 Å². The first kappa shape index (κ1) is 13.5. The number of aryl methyl sites for hydroxylation is 2. The van der Waals surface area contributed by atoms with Gasteiger partial charge in [-0.05, 0) is 60.6 Å². The number of hydrogen-bond donors (Lipinski definition) is 0. The summed E-state index contributed by atoms with van der Waals surface area (Å²) in [6, 6.07) is 14.8. The molecular weight excluding hydrogens is 268 g/mol. The van der Waals surface area contributed by atoms with E-state index >= 15 is 0 Å². The molecule has 3 rings (SSSR count). The van der Waals surface area contributed by atoms with E-state index in [2.05, 4.69) is 30.3 Å². The Bertz CT molecular complexity index is 589. The molecule has 0 fully saturated rings. The summed E-state index contributed by atoms with van der Waals surface area (Å²) < 4.78 is 5.46. The Morgan fingerprint density at radius 1 is 1.00 bits per heavy atom. The summed E-state index contributed by atoms with van der Waals surface area (Å²) in [7, 11) is 0. The molecule has 0 saturated carbocycles. The molecule has 0 amide bonds. The molecular formula is C18H19ClO. The average Bonchev–Trinajstić information content (AvgIpc) is 2.95. The van der Waals surface area contributed by atoms with Crippen LogP contribution in [0.3, 0.4) is 0 Å². The van der Waals surface area contributed by atoms with Gasteiger partial charge in [-0.3, -0.25) is 0 Å². The SMILES string of the molecule is CCOc1ccc(C(Cl)c2ccc3c(c2)CCC3)cc1. The highest BCUT2D eigenvalue weighted by Gasteiger charge is 2.15. The molecule has 0 aliphatic heterocycles. The second-order valence-corrected chi connectivity index (χ2v) is 5.68. The van der Waals surface area contributed by atoms with E-state index in [1.807, 2.05) is 19.1 Å². The summed E-state index contributed by atoms with van der Waals surface area (Å²) >= 11 is 6.62. The van der Waals surface area contributed by atoms with Gasteiger partial charge >= 0.3 is 0 Å². The van der Waals surface area contributed by atoms with Crippen LogP contribution < -0.4 is 4.74 Å². The Hall–Kier alpha value is -1.47. The highest BCUT2D eigenvalue weighted by molar-refractivity contribution is 6.22. The van der Waals surface area contributed by atoms with Gasteiger partial charge in [-0.15, -0.1) is 11.6 Å². The first-order valence-electron chi connectivity index (χ1n) is 7.26. The predicted octanol–water partition coefficient (Wildman–Crippen LogP) is 4.90. The zero-order valence-electron chi connectivity index (χ0n) is 11.7.